The first-order valence-corrected chi connectivity index (χ1v) is 9.25. The summed E-state index contributed by atoms with van der Waals surface area (Å²) in [7, 11) is 2.53. The lowest BCUT2D eigenvalue weighted by Gasteiger charge is -2.31. The quantitative estimate of drug-likeness (QED) is 0.589. The summed E-state index contributed by atoms with van der Waals surface area (Å²) in [6.45, 7) is 7.76. The molecule has 0 saturated carbocycles. The van der Waals surface area contributed by atoms with Crippen LogP contribution in [-0.4, -0.2) is 70.6 Å². The Morgan fingerprint density at radius 1 is 1.07 bits per heavy atom. The third-order valence-electron chi connectivity index (χ3n) is 4.55. The maximum atomic E-state index is 12.3. The van der Waals surface area contributed by atoms with Crippen LogP contribution in [0.4, 0.5) is 5.69 Å². The molecule has 0 saturated heterocycles. The van der Waals surface area contributed by atoms with Crippen LogP contribution in [0.5, 0.6) is 5.75 Å². The summed E-state index contributed by atoms with van der Waals surface area (Å²) in [5, 5.41) is 0. The van der Waals surface area contributed by atoms with Crippen LogP contribution in [0, 0.1) is 0 Å². The zero-order valence-corrected chi connectivity index (χ0v) is 16.9. The molecule has 0 bridgehead atoms. The number of likely N-dealkylation sites (N-methyl/N-ethyl adjacent to an activating group) is 1. The van der Waals surface area contributed by atoms with Crippen LogP contribution in [0.1, 0.15) is 13.8 Å². The topological polar surface area (TPSA) is 77.5 Å². The Hall–Kier alpha value is -2.58. The van der Waals surface area contributed by atoms with E-state index in [1.807, 2.05) is 12.1 Å². The van der Waals surface area contributed by atoms with Crippen molar-refractivity contribution >= 4 is 17.6 Å². The summed E-state index contributed by atoms with van der Waals surface area (Å²) >= 11 is 0. The fraction of sp³-hybridized carbons (Fsp3) is 0.500. The number of benzene rings is 1. The zero-order chi connectivity index (χ0) is 20.5. The molecule has 8 nitrogen and oxygen atoms in total. The second kappa shape index (κ2) is 10.7. The summed E-state index contributed by atoms with van der Waals surface area (Å²) in [4.78, 5) is 28.2. The molecule has 8 heteroatoms. The highest BCUT2D eigenvalue weighted by atomic mass is 16.5. The second-order valence-corrected chi connectivity index (χ2v) is 6.09. The molecule has 0 aliphatic carbocycles. The number of anilines is 1. The Morgan fingerprint density at radius 3 is 2.29 bits per heavy atom. The lowest BCUT2D eigenvalue weighted by Crippen LogP contribution is -2.38. The zero-order valence-electron chi connectivity index (χ0n) is 16.9. The van der Waals surface area contributed by atoms with Gasteiger partial charge in [-0.05, 0) is 37.4 Å². The molecule has 1 aliphatic rings. The number of nitrogens with zero attached hydrogens (tertiary/aromatic N) is 2. The Bertz CT molecular complexity index is 697. The van der Waals surface area contributed by atoms with E-state index in [-0.39, 0.29) is 24.6 Å². The SMILES string of the molecule is CCN(CC)CCOc1ccc(N2COCC(C(=O)OC)=C2C(=O)OC)cc1. The molecule has 0 fully saturated rings. The third-order valence-corrected chi connectivity index (χ3v) is 4.55. The van der Waals surface area contributed by atoms with Crippen LogP contribution >= 0.6 is 0 Å². The third kappa shape index (κ3) is 5.24. The maximum absolute atomic E-state index is 12.3. The first-order chi connectivity index (χ1) is 13.5. The molecule has 0 spiro atoms. The molecule has 28 heavy (non-hydrogen) atoms. The van der Waals surface area contributed by atoms with Crippen LogP contribution in [-0.2, 0) is 23.8 Å². The standard InChI is InChI=1S/C20H28N2O6/c1-5-21(6-2)11-12-28-16-9-7-15(8-10-16)22-14-27-13-17(19(23)25-3)18(22)20(24)26-4/h7-10H,5-6,11-14H2,1-4H3. The van der Waals surface area contributed by atoms with Crippen LogP contribution in [0.15, 0.2) is 35.5 Å². The summed E-state index contributed by atoms with van der Waals surface area (Å²) in [6.07, 6.45) is 0. The molecule has 0 aromatic heterocycles. The molecule has 0 amide bonds. The monoisotopic (exact) mass is 392 g/mol. The van der Waals surface area contributed by atoms with Gasteiger partial charge in [0.1, 0.15) is 24.8 Å². The lowest BCUT2D eigenvalue weighted by atomic mass is 10.1. The van der Waals surface area contributed by atoms with Gasteiger partial charge in [-0.1, -0.05) is 13.8 Å². The van der Waals surface area contributed by atoms with Crippen molar-refractivity contribution < 1.29 is 28.5 Å². The summed E-state index contributed by atoms with van der Waals surface area (Å²) < 4.78 is 20.9. The molecule has 0 atom stereocenters. The van der Waals surface area contributed by atoms with Crippen molar-refractivity contribution in [3.05, 3.63) is 35.5 Å². The smallest absolute Gasteiger partial charge is 0.355 e. The van der Waals surface area contributed by atoms with Crippen molar-refractivity contribution in [1.29, 1.82) is 0 Å². The fourth-order valence-corrected chi connectivity index (χ4v) is 2.90. The fourth-order valence-electron chi connectivity index (χ4n) is 2.90. The predicted molar refractivity (Wildman–Crippen MR) is 104 cm³/mol. The summed E-state index contributed by atoms with van der Waals surface area (Å²) in [5.41, 5.74) is 0.925. The largest absolute Gasteiger partial charge is 0.492 e. The summed E-state index contributed by atoms with van der Waals surface area (Å²) in [5.74, 6) is -0.518. The number of hydrogen-bond acceptors (Lipinski definition) is 8. The number of carbonyl (C=O) groups is 2. The van der Waals surface area contributed by atoms with Gasteiger partial charge in [0.2, 0.25) is 0 Å². The van der Waals surface area contributed by atoms with Gasteiger partial charge >= 0.3 is 11.9 Å². The minimum atomic E-state index is -0.624. The first kappa shape index (κ1) is 21.7. The van der Waals surface area contributed by atoms with Gasteiger partial charge in [-0.15, -0.1) is 0 Å². The normalized spacial score (nSPS) is 14.2. The van der Waals surface area contributed by atoms with E-state index in [0.717, 1.165) is 25.4 Å². The highest BCUT2D eigenvalue weighted by Gasteiger charge is 2.32. The van der Waals surface area contributed by atoms with Gasteiger partial charge in [-0.3, -0.25) is 0 Å². The van der Waals surface area contributed by atoms with Crippen LogP contribution in [0.25, 0.3) is 0 Å². The minimum absolute atomic E-state index is 0.0137. The number of carbonyl (C=O) groups excluding carboxylic acids is 2. The molecule has 154 valence electrons. The van der Waals surface area contributed by atoms with E-state index in [4.69, 9.17) is 18.9 Å². The van der Waals surface area contributed by atoms with E-state index in [9.17, 15) is 9.59 Å². The second-order valence-electron chi connectivity index (χ2n) is 6.09. The van der Waals surface area contributed by atoms with Gasteiger partial charge in [-0.25, -0.2) is 9.59 Å². The van der Waals surface area contributed by atoms with Crippen molar-refractivity contribution in [2.24, 2.45) is 0 Å². The van der Waals surface area contributed by atoms with Crippen LogP contribution < -0.4 is 9.64 Å². The Labute approximate surface area is 165 Å². The molecule has 2 rings (SSSR count). The van der Waals surface area contributed by atoms with Crippen molar-refractivity contribution in [2.75, 3.05) is 58.7 Å². The molecule has 1 aromatic rings. The summed E-state index contributed by atoms with van der Waals surface area (Å²) in [6, 6.07) is 7.25. The molecule has 1 aromatic carbocycles. The molecule has 1 aliphatic heterocycles. The van der Waals surface area contributed by atoms with Gasteiger partial charge < -0.3 is 28.7 Å². The van der Waals surface area contributed by atoms with E-state index in [0.29, 0.717) is 12.3 Å². The molecular weight excluding hydrogens is 364 g/mol. The Kier molecular flexibility index (Phi) is 8.28. The molecule has 0 unspecified atom stereocenters. The van der Waals surface area contributed by atoms with Crippen molar-refractivity contribution in [3.63, 3.8) is 0 Å². The van der Waals surface area contributed by atoms with Crippen LogP contribution in [0.3, 0.4) is 0 Å². The van der Waals surface area contributed by atoms with Crippen molar-refractivity contribution in [3.8, 4) is 5.75 Å². The molecule has 1 heterocycles. The van der Waals surface area contributed by atoms with Gasteiger partial charge in [0.25, 0.3) is 0 Å². The average Bonchev–Trinajstić information content (AvgIpc) is 2.75. The number of rotatable bonds is 9. The van der Waals surface area contributed by atoms with Gasteiger partial charge in [-0.2, -0.15) is 0 Å². The highest BCUT2D eigenvalue weighted by molar-refractivity contribution is 6.03. The molecule has 0 radical (unpaired) electrons. The molecular formula is C20H28N2O6. The number of methoxy groups -OCH3 is 2. The van der Waals surface area contributed by atoms with E-state index in [1.54, 1.807) is 17.0 Å². The van der Waals surface area contributed by atoms with E-state index in [1.165, 1.54) is 14.2 Å². The van der Waals surface area contributed by atoms with E-state index < -0.39 is 11.9 Å². The van der Waals surface area contributed by atoms with Crippen molar-refractivity contribution in [1.82, 2.24) is 4.90 Å². The Morgan fingerprint density at radius 2 is 1.71 bits per heavy atom. The number of esters is 2. The van der Waals surface area contributed by atoms with Crippen LogP contribution in [0.2, 0.25) is 0 Å². The minimum Gasteiger partial charge on any atom is -0.492 e. The van der Waals surface area contributed by atoms with Gasteiger partial charge in [0.15, 0.2) is 0 Å². The Balaban J connectivity index is 2.16. The van der Waals surface area contributed by atoms with Crippen molar-refractivity contribution in [2.45, 2.75) is 13.8 Å². The van der Waals surface area contributed by atoms with E-state index >= 15 is 0 Å². The average molecular weight is 392 g/mol. The van der Waals surface area contributed by atoms with Gasteiger partial charge in [0, 0.05) is 12.2 Å². The predicted octanol–water partition coefficient (Wildman–Crippen LogP) is 1.80. The van der Waals surface area contributed by atoms with E-state index in [2.05, 4.69) is 18.7 Å². The maximum Gasteiger partial charge on any atom is 0.355 e. The number of ether oxygens (including phenoxy) is 4. The number of hydrogen-bond donors (Lipinski definition) is 0. The first-order valence-electron chi connectivity index (χ1n) is 9.25. The lowest BCUT2D eigenvalue weighted by molar-refractivity contribution is -0.140. The highest BCUT2D eigenvalue weighted by Crippen LogP contribution is 2.28. The molecule has 0 N–H and O–H groups in total. The van der Waals surface area contributed by atoms with Gasteiger partial charge in [0.05, 0.1) is 26.4 Å².